The monoisotopic (exact) mass is 607 g/mol. The number of carbonyl (C=O) groups is 1. The Morgan fingerprint density at radius 3 is 2.67 bits per heavy atom. The third-order valence-corrected chi connectivity index (χ3v) is 9.13. The molecule has 1 saturated heterocycles. The molecule has 42 heavy (non-hydrogen) atoms. The SMILES string of the molecule is COc1ccc(N2C(=O)N(c3c(CF)csc3Cl)Cc3cnc(Nc4ccc(C5CCN(C)CC5)cc4C)nc32)nc1. The van der Waals surface area contributed by atoms with Gasteiger partial charge in [0.25, 0.3) is 0 Å². The fraction of sp³-hybridized carbons (Fsp3) is 0.333. The van der Waals surface area contributed by atoms with Crippen molar-refractivity contribution in [3.8, 4) is 5.75 Å². The van der Waals surface area contributed by atoms with Crippen molar-refractivity contribution in [2.45, 2.75) is 38.9 Å². The number of nitrogens with one attached hydrogen (secondary N) is 1. The van der Waals surface area contributed by atoms with Crippen molar-refractivity contribution in [1.29, 1.82) is 0 Å². The fourth-order valence-electron chi connectivity index (χ4n) is 5.50. The minimum atomic E-state index is -0.745. The second kappa shape index (κ2) is 11.8. The number of rotatable bonds is 7. The van der Waals surface area contributed by atoms with E-state index < -0.39 is 12.7 Å². The molecule has 0 radical (unpaired) electrons. The van der Waals surface area contributed by atoms with Crippen LogP contribution in [0.1, 0.15) is 41.0 Å². The molecule has 1 N–H and O–H groups in total. The van der Waals surface area contributed by atoms with Gasteiger partial charge in [0, 0.05) is 28.4 Å². The van der Waals surface area contributed by atoms with Crippen molar-refractivity contribution in [3.63, 3.8) is 0 Å². The number of amides is 2. The number of hydrogen-bond acceptors (Lipinski definition) is 8. The first kappa shape index (κ1) is 28.3. The Kier molecular flexibility index (Phi) is 7.98. The Morgan fingerprint density at radius 2 is 1.98 bits per heavy atom. The number of piperidine rings is 1. The number of nitrogens with zero attached hydrogens (tertiary/aromatic N) is 6. The molecule has 0 spiro atoms. The number of anilines is 5. The molecule has 9 nitrogen and oxygen atoms in total. The Bertz CT molecular complexity index is 1610. The number of carbonyl (C=O) groups excluding carboxylic acids is 1. The first-order valence-corrected chi connectivity index (χ1v) is 15.0. The van der Waals surface area contributed by atoms with Gasteiger partial charge in [0.15, 0.2) is 5.82 Å². The second-order valence-corrected chi connectivity index (χ2v) is 12.1. The molecule has 1 aromatic carbocycles. The maximum atomic E-state index is 14.0. The molecular formula is C30H31ClFN7O2S. The van der Waals surface area contributed by atoms with Crippen molar-refractivity contribution in [2.75, 3.05) is 42.4 Å². The lowest BCUT2D eigenvalue weighted by molar-refractivity contribution is 0.252. The van der Waals surface area contributed by atoms with Gasteiger partial charge in [-0.1, -0.05) is 23.7 Å². The van der Waals surface area contributed by atoms with Gasteiger partial charge in [0.1, 0.15) is 22.6 Å². The van der Waals surface area contributed by atoms with Crippen LogP contribution in [-0.2, 0) is 13.2 Å². The number of ether oxygens (including phenoxy) is 1. The van der Waals surface area contributed by atoms with Crippen LogP contribution in [0.3, 0.4) is 0 Å². The predicted molar refractivity (Wildman–Crippen MR) is 165 cm³/mol. The Labute approximate surface area is 252 Å². The molecule has 3 aromatic heterocycles. The Balaban J connectivity index is 1.34. The number of hydrogen-bond donors (Lipinski definition) is 1. The van der Waals surface area contributed by atoms with Gasteiger partial charge >= 0.3 is 6.03 Å². The molecule has 0 aliphatic carbocycles. The average Bonchev–Trinajstić information content (AvgIpc) is 3.38. The third-order valence-electron chi connectivity index (χ3n) is 7.89. The molecule has 2 aliphatic heterocycles. The van der Waals surface area contributed by atoms with Gasteiger partial charge in [-0.25, -0.2) is 24.1 Å². The van der Waals surface area contributed by atoms with E-state index in [0.717, 1.165) is 37.2 Å². The molecule has 2 aliphatic rings. The number of urea groups is 1. The van der Waals surface area contributed by atoms with Crippen molar-refractivity contribution in [1.82, 2.24) is 19.9 Å². The van der Waals surface area contributed by atoms with Crippen LogP contribution in [0, 0.1) is 6.92 Å². The van der Waals surface area contributed by atoms with Gasteiger partial charge in [-0.3, -0.25) is 4.90 Å². The van der Waals surface area contributed by atoms with Crippen LogP contribution in [0.2, 0.25) is 4.34 Å². The summed E-state index contributed by atoms with van der Waals surface area (Å²) in [6.07, 6.45) is 5.51. The summed E-state index contributed by atoms with van der Waals surface area (Å²) in [4.78, 5) is 33.0. The van der Waals surface area contributed by atoms with E-state index in [1.807, 2.05) is 0 Å². The van der Waals surface area contributed by atoms with Crippen LogP contribution >= 0.6 is 22.9 Å². The number of thiophene rings is 1. The summed E-state index contributed by atoms with van der Waals surface area (Å²) < 4.78 is 19.4. The van der Waals surface area contributed by atoms with Crippen LogP contribution in [0.15, 0.2) is 48.1 Å². The number of aromatic nitrogens is 3. The predicted octanol–water partition coefficient (Wildman–Crippen LogP) is 7.20. The van der Waals surface area contributed by atoms with Gasteiger partial charge in [-0.05, 0) is 75.1 Å². The van der Waals surface area contributed by atoms with Crippen LogP contribution in [0.5, 0.6) is 5.75 Å². The van der Waals surface area contributed by atoms with Gasteiger partial charge in [-0.2, -0.15) is 4.98 Å². The molecule has 12 heteroatoms. The van der Waals surface area contributed by atoms with Crippen molar-refractivity contribution in [2.24, 2.45) is 0 Å². The first-order chi connectivity index (χ1) is 20.4. The summed E-state index contributed by atoms with van der Waals surface area (Å²) in [5.74, 6) is 2.18. The lowest BCUT2D eigenvalue weighted by Gasteiger charge is -2.35. The molecule has 0 saturated carbocycles. The van der Waals surface area contributed by atoms with Crippen molar-refractivity contribution >= 4 is 57.9 Å². The zero-order valence-electron chi connectivity index (χ0n) is 23.6. The lowest BCUT2D eigenvalue weighted by Crippen LogP contribution is -2.46. The van der Waals surface area contributed by atoms with Crippen molar-refractivity contribution < 1.29 is 13.9 Å². The Morgan fingerprint density at radius 1 is 1.17 bits per heavy atom. The summed E-state index contributed by atoms with van der Waals surface area (Å²) in [6, 6.07) is 9.42. The number of benzene rings is 1. The van der Waals surface area contributed by atoms with E-state index in [4.69, 9.17) is 21.3 Å². The summed E-state index contributed by atoms with van der Waals surface area (Å²) in [5, 5.41) is 4.96. The highest BCUT2D eigenvalue weighted by atomic mass is 35.5. The van der Waals surface area contributed by atoms with Gasteiger partial charge in [0.2, 0.25) is 5.95 Å². The molecule has 218 valence electrons. The Hall–Kier alpha value is -3.80. The molecule has 2 amide bonds. The molecular weight excluding hydrogens is 577 g/mol. The van der Waals surface area contributed by atoms with E-state index in [2.05, 4.69) is 52.4 Å². The van der Waals surface area contributed by atoms with E-state index in [-0.39, 0.29) is 6.54 Å². The number of halogens is 2. The smallest absolute Gasteiger partial charge is 0.336 e. The molecule has 0 bridgehead atoms. The zero-order chi connectivity index (χ0) is 29.4. The van der Waals surface area contributed by atoms with Crippen LogP contribution in [-0.4, -0.2) is 53.1 Å². The maximum Gasteiger partial charge on any atom is 0.336 e. The maximum absolute atomic E-state index is 14.0. The largest absolute Gasteiger partial charge is 0.495 e. The molecule has 4 aromatic rings. The molecule has 1 fully saturated rings. The lowest BCUT2D eigenvalue weighted by atomic mass is 9.88. The average molecular weight is 608 g/mol. The van der Waals surface area contributed by atoms with Crippen LogP contribution in [0.25, 0.3) is 0 Å². The van der Waals surface area contributed by atoms with Crippen LogP contribution < -0.4 is 19.9 Å². The number of aryl methyl sites for hydroxylation is 1. The number of likely N-dealkylation sites (tertiary alicyclic amines) is 1. The minimum absolute atomic E-state index is 0.134. The van der Waals surface area contributed by atoms with E-state index in [9.17, 15) is 9.18 Å². The highest BCUT2D eigenvalue weighted by molar-refractivity contribution is 7.15. The number of alkyl halides is 1. The molecule has 6 rings (SSSR count). The highest BCUT2D eigenvalue weighted by Gasteiger charge is 2.37. The third kappa shape index (κ3) is 5.39. The van der Waals surface area contributed by atoms with E-state index in [1.165, 1.54) is 32.9 Å². The molecule has 5 heterocycles. The standard InChI is InChI=1S/C30H31ClFN7O2S/c1-18-12-20(19-8-10-37(2)11-9-19)4-6-24(18)35-29-34-14-22-16-38(26-21(13-32)17-42-27(26)31)30(40)39(28(22)36-29)25-7-5-23(41-3)15-33-25/h4-7,12,14-15,17,19H,8-11,13,16H2,1-3H3,(H,34,35,36). The summed E-state index contributed by atoms with van der Waals surface area (Å²) in [6.45, 7) is 3.67. The first-order valence-electron chi connectivity index (χ1n) is 13.7. The van der Waals surface area contributed by atoms with E-state index in [0.29, 0.717) is 50.4 Å². The van der Waals surface area contributed by atoms with Gasteiger partial charge in [-0.15, -0.1) is 11.3 Å². The highest BCUT2D eigenvalue weighted by Crippen LogP contribution is 2.42. The minimum Gasteiger partial charge on any atom is -0.495 e. The fourth-order valence-corrected chi connectivity index (χ4v) is 6.63. The van der Waals surface area contributed by atoms with E-state index >= 15 is 0 Å². The van der Waals surface area contributed by atoms with E-state index in [1.54, 1.807) is 30.8 Å². The quantitative estimate of drug-likeness (QED) is 0.238. The second-order valence-electron chi connectivity index (χ2n) is 10.6. The summed E-state index contributed by atoms with van der Waals surface area (Å²) in [7, 11) is 3.72. The molecule has 0 unspecified atom stereocenters. The van der Waals surface area contributed by atoms with Crippen molar-refractivity contribution in [3.05, 3.63) is 74.7 Å². The number of methoxy groups -OCH3 is 1. The summed E-state index contributed by atoms with van der Waals surface area (Å²) >= 11 is 7.63. The van der Waals surface area contributed by atoms with Crippen LogP contribution in [0.4, 0.5) is 38.1 Å². The van der Waals surface area contributed by atoms with Gasteiger partial charge in [0.05, 0.1) is 25.5 Å². The van der Waals surface area contributed by atoms with Gasteiger partial charge < -0.3 is 15.0 Å². The topological polar surface area (TPSA) is 86.7 Å². The zero-order valence-corrected chi connectivity index (χ0v) is 25.2. The summed E-state index contributed by atoms with van der Waals surface area (Å²) in [5.41, 5.74) is 4.69. The normalized spacial score (nSPS) is 16.1. The number of fused-ring (bicyclic) bond motifs is 1. The number of pyridine rings is 1. The molecule has 0 atom stereocenters.